The lowest BCUT2D eigenvalue weighted by Gasteiger charge is -2.25. The summed E-state index contributed by atoms with van der Waals surface area (Å²) in [4.78, 5) is 28.3. The van der Waals surface area contributed by atoms with E-state index in [9.17, 15) is 14.7 Å². The van der Waals surface area contributed by atoms with Crippen molar-refractivity contribution in [3.05, 3.63) is 167 Å². The van der Waals surface area contributed by atoms with Gasteiger partial charge in [-0.1, -0.05) is 92.0 Å². The second kappa shape index (κ2) is 11.1. The molecule has 0 radical (unpaired) electrons. The molecule has 5 aromatic rings. The second-order valence-corrected chi connectivity index (χ2v) is 9.37. The molecule has 5 rings (SSSR count). The Morgan fingerprint density at radius 3 is 1.88 bits per heavy atom. The summed E-state index contributed by atoms with van der Waals surface area (Å²) in [7, 11) is 1.59. The van der Waals surface area contributed by atoms with Crippen molar-refractivity contribution in [2.75, 3.05) is 4.90 Å². The predicted octanol–water partition coefficient (Wildman–Crippen LogP) is 7.40. The fourth-order valence-electron chi connectivity index (χ4n) is 4.67. The molecule has 0 bridgehead atoms. The van der Waals surface area contributed by atoms with E-state index in [-0.39, 0.29) is 11.3 Å². The number of carbonyl (C=O) groups excluding carboxylic acids is 1. The van der Waals surface area contributed by atoms with Crippen LogP contribution in [0.1, 0.15) is 21.5 Å². The number of rotatable bonds is 8. The molecule has 0 aliphatic heterocycles. The summed E-state index contributed by atoms with van der Waals surface area (Å²) >= 11 is 0. The standard InChI is InChI=1S/C35H28N2O3/c1-24(18-19-25(2)37(28-12-6-4-7-13-28)29-14-8-5-9-15-29)26-20-22-27(23-21-26)33(38)32-34(39)30-16-10-11-17-31(30)36(3)35(32)40/h4-23,39H,1-2H2,3H3/b19-18-. The maximum absolute atomic E-state index is 13.3. The molecule has 196 valence electrons. The lowest BCUT2D eigenvalue weighted by atomic mass is 9.98. The highest BCUT2D eigenvalue weighted by molar-refractivity contribution is 6.13. The number of benzene rings is 4. The van der Waals surface area contributed by atoms with Gasteiger partial charge in [-0.05, 0) is 53.6 Å². The number of para-hydroxylation sites is 3. The smallest absolute Gasteiger partial charge is 0.265 e. The highest BCUT2D eigenvalue weighted by Gasteiger charge is 2.22. The number of nitrogens with zero attached hydrogens (tertiary/aromatic N) is 2. The SMILES string of the molecule is C=C(/C=C\C(=C)N(c1ccccc1)c1ccccc1)c1ccc(C(=O)c2c(O)c3ccccc3n(C)c2=O)cc1. The fraction of sp³-hybridized carbons (Fsp3) is 0.0286. The molecule has 4 aromatic carbocycles. The summed E-state index contributed by atoms with van der Waals surface area (Å²) < 4.78 is 1.38. The van der Waals surface area contributed by atoms with Crippen molar-refractivity contribution in [3.63, 3.8) is 0 Å². The van der Waals surface area contributed by atoms with Crippen LogP contribution in [0.25, 0.3) is 16.5 Å². The number of hydrogen-bond donors (Lipinski definition) is 1. The molecule has 0 aliphatic rings. The Hall–Kier alpha value is -5.42. The Morgan fingerprint density at radius 2 is 1.27 bits per heavy atom. The zero-order chi connectivity index (χ0) is 28.2. The molecule has 0 saturated carbocycles. The topological polar surface area (TPSA) is 62.5 Å². The summed E-state index contributed by atoms with van der Waals surface area (Å²) in [5.74, 6) is -0.841. The number of anilines is 2. The van der Waals surface area contributed by atoms with Crippen molar-refractivity contribution in [1.29, 1.82) is 0 Å². The summed E-state index contributed by atoms with van der Waals surface area (Å²) in [6.45, 7) is 8.47. The number of aryl methyl sites for hydroxylation is 1. The normalized spacial score (nSPS) is 11.0. The first-order chi connectivity index (χ1) is 19.4. The molecule has 0 aliphatic carbocycles. The van der Waals surface area contributed by atoms with Crippen LogP contribution in [-0.4, -0.2) is 15.5 Å². The van der Waals surface area contributed by atoms with Gasteiger partial charge in [0.15, 0.2) is 0 Å². The third-order valence-electron chi connectivity index (χ3n) is 6.81. The van der Waals surface area contributed by atoms with Crippen LogP contribution in [0.3, 0.4) is 0 Å². The molecule has 0 unspecified atom stereocenters. The number of aromatic hydroxyl groups is 1. The molecule has 1 heterocycles. The molecule has 40 heavy (non-hydrogen) atoms. The summed E-state index contributed by atoms with van der Waals surface area (Å²) in [6, 6.07) is 33.8. The first kappa shape index (κ1) is 26.2. The molecule has 0 saturated heterocycles. The Bertz CT molecular complexity index is 1780. The van der Waals surface area contributed by atoms with Crippen LogP contribution < -0.4 is 10.5 Å². The van der Waals surface area contributed by atoms with Gasteiger partial charge in [0.2, 0.25) is 5.78 Å². The van der Waals surface area contributed by atoms with Crippen molar-refractivity contribution >= 4 is 33.6 Å². The minimum Gasteiger partial charge on any atom is -0.506 e. The van der Waals surface area contributed by atoms with Gasteiger partial charge < -0.3 is 14.6 Å². The van der Waals surface area contributed by atoms with Gasteiger partial charge in [-0.25, -0.2) is 0 Å². The Kier molecular flexibility index (Phi) is 7.29. The predicted molar refractivity (Wildman–Crippen MR) is 163 cm³/mol. The van der Waals surface area contributed by atoms with Crippen LogP contribution >= 0.6 is 0 Å². The van der Waals surface area contributed by atoms with Gasteiger partial charge >= 0.3 is 0 Å². The Balaban J connectivity index is 1.38. The average Bonchev–Trinajstić information content (AvgIpc) is 3.00. The lowest BCUT2D eigenvalue weighted by Crippen LogP contribution is -2.25. The van der Waals surface area contributed by atoms with Crippen molar-refractivity contribution in [2.45, 2.75) is 0 Å². The van der Waals surface area contributed by atoms with Gasteiger partial charge in [-0.15, -0.1) is 0 Å². The van der Waals surface area contributed by atoms with Gasteiger partial charge in [0.05, 0.1) is 5.52 Å². The number of allylic oxidation sites excluding steroid dienone is 3. The van der Waals surface area contributed by atoms with Crippen LogP contribution in [-0.2, 0) is 7.05 Å². The first-order valence-electron chi connectivity index (χ1n) is 12.8. The van der Waals surface area contributed by atoms with Crippen LogP contribution in [0.4, 0.5) is 11.4 Å². The van der Waals surface area contributed by atoms with Gasteiger partial charge in [0.1, 0.15) is 11.3 Å². The molecule has 5 nitrogen and oxygen atoms in total. The first-order valence-corrected chi connectivity index (χ1v) is 12.8. The number of fused-ring (bicyclic) bond motifs is 1. The van der Waals surface area contributed by atoms with Crippen molar-refractivity contribution in [1.82, 2.24) is 4.57 Å². The number of ketones is 1. The number of aromatic nitrogens is 1. The van der Waals surface area contributed by atoms with Crippen LogP contribution in [0, 0.1) is 0 Å². The quantitative estimate of drug-likeness (QED) is 0.170. The number of pyridine rings is 1. The van der Waals surface area contributed by atoms with E-state index in [1.807, 2.05) is 72.8 Å². The fourth-order valence-corrected chi connectivity index (χ4v) is 4.67. The molecular weight excluding hydrogens is 496 g/mol. The van der Waals surface area contributed by atoms with E-state index in [0.717, 1.165) is 28.2 Å². The molecule has 1 N–H and O–H groups in total. The van der Waals surface area contributed by atoms with E-state index in [0.29, 0.717) is 16.5 Å². The van der Waals surface area contributed by atoms with E-state index < -0.39 is 11.3 Å². The number of carbonyl (C=O) groups is 1. The van der Waals surface area contributed by atoms with Gasteiger partial charge in [-0.2, -0.15) is 0 Å². The van der Waals surface area contributed by atoms with Crippen molar-refractivity contribution in [3.8, 4) is 5.75 Å². The van der Waals surface area contributed by atoms with Crippen LogP contribution in [0.5, 0.6) is 5.75 Å². The molecule has 0 amide bonds. The molecule has 5 heteroatoms. The van der Waals surface area contributed by atoms with E-state index in [1.54, 1.807) is 55.6 Å². The molecule has 0 atom stereocenters. The molecule has 0 fully saturated rings. The number of hydrogen-bond acceptors (Lipinski definition) is 4. The Morgan fingerprint density at radius 1 is 0.750 bits per heavy atom. The van der Waals surface area contributed by atoms with Crippen LogP contribution in [0.15, 0.2) is 145 Å². The van der Waals surface area contributed by atoms with Gasteiger partial charge in [0.25, 0.3) is 5.56 Å². The van der Waals surface area contributed by atoms with E-state index in [1.165, 1.54) is 4.57 Å². The Labute approximate surface area is 232 Å². The van der Waals surface area contributed by atoms with Gasteiger partial charge in [-0.3, -0.25) is 9.59 Å². The largest absolute Gasteiger partial charge is 0.506 e. The monoisotopic (exact) mass is 524 g/mol. The average molecular weight is 525 g/mol. The van der Waals surface area contributed by atoms with Crippen molar-refractivity contribution in [2.24, 2.45) is 7.05 Å². The summed E-state index contributed by atoms with van der Waals surface area (Å²) in [5.41, 5.74) is 4.33. The lowest BCUT2D eigenvalue weighted by molar-refractivity contribution is 0.103. The molecular formula is C35H28N2O3. The summed E-state index contributed by atoms with van der Waals surface area (Å²) in [5, 5.41) is 11.2. The van der Waals surface area contributed by atoms with E-state index >= 15 is 0 Å². The maximum Gasteiger partial charge on any atom is 0.265 e. The van der Waals surface area contributed by atoms with E-state index in [2.05, 4.69) is 18.1 Å². The van der Waals surface area contributed by atoms with Gasteiger partial charge in [0, 0.05) is 35.1 Å². The van der Waals surface area contributed by atoms with E-state index in [4.69, 9.17) is 0 Å². The maximum atomic E-state index is 13.3. The van der Waals surface area contributed by atoms with Crippen molar-refractivity contribution < 1.29 is 9.90 Å². The third kappa shape index (κ3) is 5.00. The minimum absolute atomic E-state index is 0.245. The molecule has 0 spiro atoms. The second-order valence-electron chi connectivity index (χ2n) is 9.37. The van der Waals surface area contributed by atoms with Crippen LogP contribution in [0.2, 0.25) is 0 Å². The third-order valence-corrected chi connectivity index (χ3v) is 6.81. The highest BCUT2D eigenvalue weighted by Crippen LogP contribution is 2.30. The minimum atomic E-state index is -0.544. The zero-order valence-corrected chi connectivity index (χ0v) is 22.1. The highest BCUT2D eigenvalue weighted by atomic mass is 16.3. The zero-order valence-electron chi connectivity index (χ0n) is 22.1. The molecule has 1 aromatic heterocycles. The summed E-state index contributed by atoms with van der Waals surface area (Å²) in [6.07, 6.45) is 3.78.